The lowest BCUT2D eigenvalue weighted by Gasteiger charge is -2.39. The summed E-state index contributed by atoms with van der Waals surface area (Å²) in [6.07, 6.45) is 5.52. The highest BCUT2D eigenvalue weighted by molar-refractivity contribution is 9.09. The van der Waals surface area contributed by atoms with E-state index < -0.39 is 66.3 Å². The summed E-state index contributed by atoms with van der Waals surface area (Å²) in [5.41, 5.74) is 0.160. The fourth-order valence-corrected chi connectivity index (χ4v) is 9.39. The van der Waals surface area contributed by atoms with Crippen molar-refractivity contribution in [2.24, 2.45) is 11.8 Å². The normalized spacial score (nSPS) is 25.7. The number of aliphatic hydroxyl groups is 1. The molecule has 3 aliphatic rings. The Kier molecular flexibility index (Phi) is 14.7. The van der Waals surface area contributed by atoms with Gasteiger partial charge < -0.3 is 34.4 Å². The molecule has 9 atom stereocenters. The zero-order valence-electron chi connectivity index (χ0n) is 31.3. The van der Waals surface area contributed by atoms with Gasteiger partial charge in [0, 0.05) is 31.4 Å². The summed E-state index contributed by atoms with van der Waals surface area (Å²) in [6.45, 7) is 10.1. The van der Waals surface area contributed by atoms with E-state index in [0.29, 0.717) is 31.4 Å². The van der Waals surface area contributed by atoms with Gasteiger partial charge in [0.15, 0.2) is 0 Å². The van der Waals surface area contributed by atoms with Crippen molar-refractivity contribution in [1.29, 1.82) is 0 Å². The second-order valence-electron chi connectivity index (χ2n) is 14.4. The molecule has 3 aliphatic heterocycles. The van der Waals surface area contributed by atoms with Gasteiger partial charge in [-0.25, -0.2) is 0 Å². The van der Waals surface area contributed by atoms with Gasteiger partial charge in [-0.15, -0.1) is 13.2 Å². The molecule has 1 unspecified atom stereocenters. The molecule has 54 heavy (non-hydrogen) atoms. The van der Waals surface area contributed by atoms with E-state index in [1.54, 1.807) is 17.1 Å². The number of methoxy groups -OCH3 is 1. The first-order valence-electron chi connectivity index (χ1n) is 19.0. The van der Waals surface area contributed by atoms with Crippen LogP contribution in [-0.2, 0) is 39.8 Å². The molecule has 0 saturated carbocycles. The zero-order valence-corrected chi connectivity index (χ0v) is 32.9. The summed E-state index contributed by atoms with van der Waals surface area (Å²) >= 11 is 3.76. The molecule has 2 N–H and O–H groups in total. The molecule has 292 valence electrons. The number of hydrogen-bond donors (Lipinski definition) is 2. The van der Waals surface area contributed by atoms with Crippen LogP contribution in [0.25, 0.3) is 0 Å². The van der Waals surface area contributed by atoms with E-state index in [9.17, 15) is 19.5 Å². The lowest BCUT2D eigenvalue weighted by atomic mass is 9.70. The number of amides is 3. The smallest absolute Gasteiger partial charge is 0.313 e. The van der Waals surface area contributed by atoms with Gasteiger partial charge in [0.25, 0.3) is 0 Å². The first-order chi connectivity index (χ1) is 26.1. The van der Waals surface area contributed by atoms with E-state index >= 15 is 4.79 Å². The monoisotopic (exact) mass is 807 g/mol. The molecule has 2 aromatic carbocycles. The molecule has 3 saturated heterocycles. The predicted molar refractivity (Wildman–Crippen MR) is 208 cm³/mol. The number of fused-ring (bicyclic) bond motifs is 1. The summed E-state index contributed by atoms with van der Waals surface area (Å²) < 4.78 is 18.7. The van der Waals surface area contributed by atoms with Gasteiger partial charge in [-0.05, 0) is 36.8 Å². The summed E-state index contributed by atoms with van der Waals surface area (Å²) in [5.74, 6) is -3.79. The molecule has 0 radical (unpaired) electrons. The Morgan fingerprint density at radius 1 is 1.11 bits per heavy atom. The number of allylic oxidation sites excluding steroid dienone is 1. The Balaban J connectivity index is 1.54. The van der Waals surface area contributed by atoms with E-state index in [0.717, 1.165) is 24.8 Å². The van der Waals surface area contributed by atoms with Gasteiger partial charge in [-0.2, -0.15) is 0 Å². The summed E-state index contributed by atoms with van der Waals surface area (Å²) in [5, 5.41) is 13.9. The topological polar surface area (TPSA) is 135 Å². The average molecular weight is 809 g/mol. The number of benzene rings is 2. The highest BCUT2D eigenvalue weighted by Crippen LogP contribution is 2.61. The van der Waals surface area contributed by atoms with Crippen LogP contribution in [0.5, 0.6) is 0 Å². The fraction of sp³-hybridized carbons (Fsp3) is 0.524. The van der Waals surface area contributed by atoms with Crippen molar-refractivity contribution in [1.82, 2.24) is 15.1 Å². The number of alkyl halides is 1. The molecule has 0 aromatic heterocycles. The minimum Gasteiger partial charge on any atom is -0.455 e. The molecule has 3 amide bonds. The Morgan fingerprint density at radius 2 is 1.81 bits per heavy atom. The first kappa shape index (κ1) is 41.3. The third-order valence-electron chi connectivity index (χ3n) is 10.8. The van der Waals surface area contributed by atoms with Crippen LogP contribution in [0.4, 0.5) is 0 Å². The maximum atomic E-state index is 15.0. The second kappa shape index (κ2) is 19.2. The maximum absolute atomic E-state index is 15.0. The van der Waals surface area contributed by atoms with E-state index in [1.165, 1.54) is 12.0 Å². The summed E-state index contributed by atoms with van der Waals surface area (Å²) in [7, 11) is 1.50. The summed E-state index contributed by atoms with van der Waals surface area (Å²) in [4.78, 5) is 60.4. The molecule has 1 spiro atoms. The van der Waals surface area contributed by atoms with E-state index in [2.05, 4.69) is 41.3 Å². The number of nitrogens with zero attached hydrogens (tertiary/aromatic N) is 2. The Bertz CT molecular complexity index is 1610. The van der Waals surface area contributed by atoms with Crippen molar-refractivity contribution < 1.29 is 38.5 Å². The highest BCUT2D eigenvalue weighted by Gasteiger charge is 2.77. The summed E-state index contributed by atoms with van der Waals surface area (Å²) in [6, 6.07) is 16.0. The number of rotatable bonds is 21. The minimum atomic E-state index is -1.36. The van der Waals surface area contributed by atoms with Gasteiger partial charge in [0.05, 0.1) is 43.2 Å². The van der Waals surface area contributed by atoms with Crippen LogP contribution in [0.3, 0.4) is 0 Å². The third kappa shape index (κ3) is 8.67. The standard InChI is InChI=1S/C42H54BrN3O8/c1-5-8-16-23-45(22-7-3)40(50)38-42-25-31(43)37(54-42)34(35(42)39(49)46(38)30(26-47)24-28-17-12-10-13-18-28)41(51)53-36(29-19-14-11-15-20-29)32(27-52-4)44-33(48)21-9-6-2/h6-7,10-15,17-20,30-32,34-38,47H,2-3,5,8-9,16,21-27H2,1,4H3,(H,44,48)/t30-,31?,32+,34-,35+,36+,37-,38-,42+/m1/s1. The number of carbonyl (C=O) groups excluding carboxylic acids is 4. The predicted octanol–water partition coefficient (Wildman–Crippen LogP) is 4.92. The Hall–Kier alpha value is -3.84. The molecule has 0 aliphatic carbocycles. The lowest BCUT2D eigenvalue weighted by Crippen LogP contribution is -2.59. The number of esters is 1. The number of carbonyl (C=O) groups is 4. The molecular formula is C42H54BrN3O8. The number of halogens is 1. The molecule has 5 rings (SSSR count). The number of ether oxygens (including phenoxy) is 3. The number of aliphatic hydroxyl groups excluding tert-OH is 1. The van der Waals surface area contributed by atoms with Crippen LogP contribution < -0.4 is 5.32 Å². The van der Waals surface area contributed by atoms with Crippen molar-refractivity contribution in [3.8, 4) is 0 Å². The van der Waals surface area contributed by atoms with E-state index in [4.69, 9.17) is 14.2 Å². The van der Waals surface area contributed by atoms with Crippen molar-refractivity contribution in [3.63, 3.8) is 0 Å². The van der Waals surface area contributed by atoms with Crippen molar-refractivity contribution in [2.75, 3.05) is 33.4 Å². The number of nitrogens with one attached hydrogen (secondary N) is 1. The molecule has 2 bridgehead atoms. The van der Waals surface area contributed by atoms with E-state index in [1.807, 2.05) is 60.7 Å². The largest absolute Gasteiger partial charge is 0.455 e. The molecule has 3 heterocycles. The first-order valence-corrected chi connectivity index (χ1v) is 19.9. The van der Waals surface area contributed by atoms with Crippen LogP contribution in [0.15, 0.2) is 86.0 Å². The average Bonchev–Trinajstić information content (AvgIpc) is 3.78. The van der Waals surface area contributed by atoms with Gasteiger partial charge >= 0.3 is 5.97 Å². The van der Waals surface area contributed by atoms with Gasteiger partial charge in [-0.1, -0.05) is 109 Å². The Morgan fingerprint density at radius 3 is 2.44 bits per heavy atom. The molecule has 2 aromatic rings. The van der Waals surface area contributed by atoms with Crippen LogP contribution in [-0.4, -0.2) is 107 Å². The minimum absolute atomic E-state index is 0.0455. The maximum Gasteiger partial charge on any atom is 0.313 e. The van der Waals surface area contributed by atoms with Gasteiger partial charge in [0.2, 0.25) is 17.7 Å². The van der Waals surface area contributed by atoms with Crippen LogP contribution >= 0.6 is 15.9 Å². The van der Waals surface area contributed by atoms with Crippen molar-refractivity contribution in [3.05, 3.63) is 97.1 Å². The molecule has 11 nitrogen and oxygen atoms in total. The van der Waals surface area contributed by atoms with Gasteiger partial charge in [-0.3, -0.25) is 19.2 Å². The molecule has 3 fully saturated rings. The number of hydrogen-bond acceptors (Lipinski definition) is 8. The number of likely N-dealkylation sites (tertiary alicyclic amines) is 1. The second-order valence-corrected chi connectivity index (χ2v) is 15.6. The lowest BCUT2D eigenvalue weighted by molar-refractivity contribution is -0.163. The number of unbranched alkanes of at least 4 members (excludes halogenated alkanes) is 2. The fourth-order valence-electron chi connectivity index (χ4n) is 8.44. The van der Waals surface area contributed by atoms with Crippen LogP contribution in [0, 0.1) is 11.8 Å². The highest BCUT2D eigenvalue weighted by atomic mass is 79.9. The zero-order chi connectivity index (χ0) is 38.8. The quantitative estimate of drug-likeness (QED) is 0.0786. The van der Waals surface area contributed by atoms with Crippen molar-refractivity contribution in [2.45, 2.75) is 92.6 Å². The molecular weight excluding hydrogens is 754 g/mol. The SMILES string of the molecule is C=CCCC(=O)N[C@@H](COC)[C@@H](OC(=O)[C@H]1[C@@H]2O[C@@]3(CC2Br)[C@@H]1C(=O)N([C@@H](CO)Cc1ccccc1)[C@@H]3C(=O)N(CC=C)CCCCC)c1ccccc1. The van der Waals surface area contributed by atoms with E-state index in [-0.39, 0.29) is 36.2 Å². The third-order valence-corrected chi connectivity index (χ3v) is 11.7. The van der Waals surface area contributed by atoms with Crippen LogP contribution in [0.2, 0.25) is 0 Å². The Labute approximate surface area is 327 Å². The molecule has 12 heteroatoms. The van der Waals surface area contributed by atoms with Crippen molar-refractivity contribution >= 4 is 39.6 Å². The van der Waals surface area contributed by atoms with Crippen LogP contribution in [0.1, 0.15) is 62.7 Å². The van der Waals surface area contributed by atoms with Gasteiger partial charge in [0.1, 0.15) is 17.7 Å².